The Hall–Kier alpha value is -0.530. The lowest BCUT2D eigenvalue weighted by molar-refractivity contribution is -0.120. The van der Waals surface area contributed by atoms with Gasteiger partial charge in [0.25, 0.3) is 0 Å². The standard InChI is InChI=1S/C14H14Cl2O/c15-9-4-5-12(16)8(6-9)7-13(17)14-10-2-1-3-11(10)14/h4-6,10-11,14H,1-3,7H2. The number of fused-ring (bicyclic) bond motifs is 1. The molecule has 17 heavy (non-hydrogen) atoms. The molecule has 0 heterocycles. The first-order valence-electron chi connectivity index (χ1n) is 6.13. The third-order valence-corrected chi connectivity index (χ3v) is 4.75. The van der Waals surface area contributed by atoms with E-state index < -0.39 is 0 Å². The summed E-state index contributed by atoms with van der Waals surface area (Å²) in [5.41, 5.74) is 0.870. The van der Waals surface area contributed by atoms with Crippen LogP contribution in [0.4, 0.5) is 0 Å². The van der Waals surface area contributed by atoms with Crippen LogP contribution in [0.1, 0.15) is 24.8 Å². The summed E-state index contributed by atoms with van der Waals surface area (Å²) in [4.78, 5) is 12.2. The van der Waals surface area contributed by atoms with Crippen molar-refractivity contribution in [1.82, 2.24) is 0 Å². The third-order valence-electron chi connectivity index (χ3n) is 4.15. The first-order valence-corrected chi connectivity index (χ1v) is 6.89. The van der Waals surface area contributed by atoms with E-state index in [-0.39, 0.29) is 0 Å². The van der Waals surface area contributed by atoms with Gasteiger partial charge in [-0.2, -0.15) is 0 Å². The molecule has 0 amide bonds. The highest BCUT2D eigenvalue weighted by molar-refractivity contribution is 6.33. The fourth-order valence-electron chi connectivity index (χ4n) is 3.28. The molecule has 3 rings (SSSR count). The minimum Gasteiger partial charge on any atom is -0.299 e. The number of Topliss-reactive ketones (excluding diaryl/α,β-unsaturated/α-hetero) is 1. The van der Waals surface area contributed by atoms with Crippen LogP contribution in [0.15, 0.2) is 18.2 Å². The second-order valence-corrected chi connectivity index (χ2v) is 6.01. The zero-order valence-corrected chi connectivity index (χ0v) is 11.0. The quantitative estimate of drug-likeness (QED) is 0.805. The van der Waals surface area contributed by atoms with Gasteiger partial charge in [0.05, 0.1) is 0 Å². The Morgan fingerprint density at radius 2 is 1.94 bits per heavy atom. The number of carbonyl (C=O) groups is 1. The van der Waals surface area contributed by atoms with Crippen LogP contribution >= 0.6 is 23.2 Å². The maximum atomic E-state index is 12.2. The molecule has 0 spiro atoms. The monoisotopic (exact) mass is 268 g/mol. The third kappa shape index (κ3) is 2.11. The molecule has 2 unspecified atom stereocenters. The summed E-state index contributed by atoms with van der Waals surface area (Å²) >= 11 is 12.0. The minimum absolute atomic E-state index is 0.318. The van der Waals surface area contributed by atoms with Crippen LogP contribution in [0.25, 0.3) is 0 Å². The van der Waals surface area contributed by atoms with Crippen molar-refractivity contribution in [2.45, 2.75) is 25.7 Å². The number of benzene rings is 1. The minimum atomic E-state index is 0.318. The number of ketones is 1. The van der Waals surface area contributed by atoms with Crippen molar-refractivity contribution in [2.75, 3.05) is 0 Å². The summed E-state index contributed by atoms with van der Waals surface area (Å²) in [6.45, 7) is 0. The average Bonchev–Trinajstić information content (AvgIpc) is 2.78. The van der Waals surface area contributed by atoms with Gasteiger partial charge in [-0.3, -0.25) is 4.79 Å². The highest BCUT2D eigenvalue weighted by Crippen LogP contribution is 2.58. The summed E-state index contributed by atoms with van der Waals surface area (Å²) in [5, 5.41) is 1.29. The van der Waals surface area contributed by atoms with Gasteiger partial charge in [0.1, 0.15) is 5.78 Å². The largest absolute Gasteiger partial charge is 0.299 e. The molecule has 1 aromatic rings. The van der Waals surface area contributed by atoms with E-state index in [0.717, 1.165) is 5.56 Å². The van der Waals surface area contributed by atoms with Crippen molar-refractivity contribution in [3.05, 3.63) is 33.8 Å². The van der Waals surface area contributed by atoms with Gasteiger partial charge in [0, 0.05) is 22.4 Å². The molecule has 0 aromatic heterocycles. The Morgan fingerprint density at radius 1 is 1.24 bits per heavy atom. The zero-order chi connectivity index (χ0) is 12.0. The Morgan fingerprint density at radius 3 is 2.65 bits per heavy atom. The van der Waals surface area contributed by atoms with Crippen molar-refractivity contribution in [3.63, 3.8) is 0 Å². The lowest BCUT2D eigenvalue weighted by Crippen LogP contribution is -2.09. The van der Waals surface area contributed by atoms with E-state index in [2.05, 4.69) is 0 Å². The van der Waals surface area contributed by atoms with Gasteiger partial charge in [-0.1, -0.05) is 29.6 Å². The Labute approximate surface area is 111 Å². The van der Waals surface area contributed by atoms with Crippen LogP contribution in [0.2, 0.25) is 10.0 Å². The van der Waals surface area contributed by atoms with Gasteiger partial charge in [-0.15, -0.1) is 0 Å². The number of hydrogen-bond donors (Lipinski definition) is 0. The van der Waals surface area contributed by atoms with Crippen LogP contribution in [0.5, 0.6) is 0 Å². The molecular formula is C14H14Cl2O. The van der Waals surface area contributed by atoms with E-state index in [4.69, 9.17) is 23.2 Å². The molecule has 2 saturated carbocycles. The van der Waals surface area contributed by atoms with Crippen LogP contribution < -0.4 is 0 Å². The molecule has 2 aliphatic carbocycles. The molecule has 0 bridgehead atoms. The Kier molecular flexibility index (Phi) is 2.92. The molecule has 0 N–H and O–H groups in total. The molecule has 3 heteroatoms. The maximum Gasteiger partial charge on any atom is 0.140 e. The van der Waals surface area contributed by atoms with Crippen LogP contribution in [0, 0.1) is 17.8 Å². The second-order valence-electron chi connectivity index (χ2n) is 5.16. The molecule has 1 nitrogen and oxygen atoms in total. The number of hydrogen-bond acceptors (Lipinski definition) is 1. The topological polar surface area (TPSA) is 17.1 Å². The number of rotatable bonds is 3. The summed E-state index contributed by atoms with van der Waals surface area (Å²) in [6, 6.07) is 5.32. The summed E-state index contributed by atoms with van der Waals surface area (Å²) in [6.07, 6.45) is 4.22. The molecule has 90 valence electrons. The van der Waals surface area contributed by atoms with E-state index >= 15 is 0 Å². The second kappa shape index (κ2) is 4.29. The number of carbonyl (C=O) groups excluding carboxylic acids is 1. The first-order chi connectivity index (χ1) is 8.16. The van der Waals surface area contributed by atoms with Crippen molar-refractivity contribution in [2.24, 2.45) is 17.8 Å². The fraction of sp³-hybridized carbons (Fsp3) is 0.500. The van der Waals surface area contributed by atoms with E-state index in [1.807, 2.05) is 0 Å². The van der Waals surface area contributed by atoms with Gasteiger partial charge >= 0.3 is 0 Å². The van der Waals surface area contributed by atoms with Crippen molar-refractivity contribution in [3.8, 4) is 0 Å². The molecular weight excluding hydrogens is 255 g/mol. The molecule has 2 atom stereocenters. The molecule has 0 aliphatic heterocycles. The van der Waals surface area contributed by atoms with Crippen molar-refractivity contribution < 1.29 is 4.79 Å². The molecule has 1 aromatic carbocycles. The average molecular weight is 269 g/mol. The molecule has 0 saturated heterocycles. The van der Waals surface area contributed by atoms with Gasteiger partial charge in [-0.05, 0) is 48.4 Å². The van der Waals surface area contributed by atoms with E-state index in [0.29, 0.717) is 40.0 Å². The van der Waals surface area contributed by atoms with Gasteiger partial charge in [-0.25, -0.2) is 0 Å². The van der Waals surface area contributed by atoms with Crippen LogP contribution in [-0.2, 0) is 11.2 Å². The predicted octanol–water partition coefficient (Wildman–Crippen LogP) is 4.15. The fourth-order valence-corrected chi connectivity index (χ4v) is 3.66. The van der Waals surface area contributed by atoms with E-state index in [1.54, 1.807) is 18.2 Å². The van der Waals surface area contributed by atoms with E-state index in [9.17, 15) is 4.79 Å². The van der Waals surface area contributed by atoms with Crippen molar-refractivity contribution in [1.29, 1.82) is 0 Å². The normalized spacial score (nSPS) is 30.1. The Bertz CT molecular complexity index is 459. The summed E-state index contributed by atoms with van der Waals surface area (Å²) in [5.74, 6) is 2.03. The summed E-state index contributed by atoms with van der Waals surface area (Å²) < 4.78 is 0. The van der Waals surface area contributed by atoms with E-state index in [1.165, 1.54) is 19.3 Å². The van der Waals surface area contributed by atoms with Crippen molar-refractivity contribution >= 4 is 29.0 Å². The lowest BCUT2D eigenvalue weighted by Gasteiger charge is -2.05. The Balaban J connectivity index is 1.71. The number of halogens is 2. The lowest BCUT2D eigenvalue weighted by atomic mass is 10.0. The summed E-state index contributed by atoms with van der Waals surface area (Å²) in [7, 11) is 0. The molecule has 2 fully saturated rings. The zero-order valence-electron chi connectivity index (χ0n) is 9.46. The molecule has 0 radical (unpaired) electrons. The highest BCUT2D eigenvalue weighted by atomic mass is 35.5. The maximum absolute atomic E-state index is 12.2. The predicted molar refractivity (Wildman–Crippen MR) is 69.5 cm³/mol. The van der Waals surface area contributed by atoms with Gasteiger partial charge in [0.15, 0.2) is 0 Å². The highest BCUT2D eigenvalue weighted by Gasteiger charge is 2.55. The first kappa shape index (κ1) is 11.6. The molecule has 2 aliphatic rings. The van der Waals surface area contributed by atoms with Crippen LogP contribution in [-0.4, -0.2) is 5.78 Å². The van der Waals surface area contributed by atoms with Gasteiger partial charge in [0.2, 0.25) is 0 Å². The van der Waals surface area contributed by atoms with Gasteiger partial charge < -0.3 is 0 Å². The SMILES string of the molecule is O=C(Cc1cc(Cl)ccc1Cl)C1C2CCCC21. The van der Waals surface area contributed by atoms with Crippen LogP contribution in [0.3, 0.4) is 0 Å². The smallest absolute Gasteiger partial charge is 0.140 e.